The van der Waals surface area contributed by atoms with Crippen molar-refractivity contribution in [1.29, 1.82) is 0 Å². The second-order valence-electron chi connectivity index (χ2n) is 4.53. The summed E-state index contributed by atoms with van der Waals surface area (Å²) >= 11 is 0. The zero-order valence-electron chi connectivity index (χ0n) is 10.5. The van der Waals surface area contributed by atoms with Crippen molar-refractivity contribution in [2.75, 3.05) is 45.9 Å². The van der Waals surface area contributed by atoms with Gasteiger partial charge in [-0.25, -0.2) is 0 Å². The van der Waals surface area contributed by atoms with Gasteiger partial charge in [0.2, 0.25) is 0 Å². The van der Waals surface area contributed by atoms with Crippen molar-refractivity contribution in [3.63, 3.8) is 0 Å². The molecule has 1 fully saturated rings. The first-order chi connectivity index (χ1) is 7.24. The van der Waals surface area contributed by atoms with Crippen molar-refractivity contribution < 1.29 is 4.74 Å². The van der Waals surface area contributed by atoms with E-state index in [1.807, 2.05) is 0 Å². The largest absolute Gasteiger partial charge is 0.379 e. The third kappa shape index (κ3) is 4.96. The Morgan fingerprint density at radius 3 is 2.47 bits per heavy atom. The monoisotopic (exact) mass is 214 g/mol. The summed E-state index contributed by atoms with van der Waals surface area (Å²) in [6.45, 7) is 14.5. The van der Waals surface area contributed by atoms with Gasteiger partial charge in [-0.2, -0.15) is 0 Å². The van der Waals surface area contributed by atoms with Gasteiger partial charge in [-0.15, -0.1) is 0 Å². The second kappa shape index (κ2) is 7.20. The van der Waals surface area contributed by atoms with Crippen LogP contribution in [0.5, 0.6) is 0 Å². The molecule has 0 radical (unpaired) electrons. The molecule has 0 atom stereocenters. The highest BCUT2D eigenvalue weighted by molar-refractivity contribution is 4.65. The summed E-state index contributed by atoms with van der Waals surface area (Å²) < 4.78 is 5.33. The molecular formula is C12H26N2O. The molecule has 3 nitrogen and oxygen atoms in total. The number of hydrogen-bond donors (Lipinski definition) is 0. The standard InChI is InChI=1S/C12H26N2O/c1-4-14(12(2)3)7-5-6-13-8-10-15-11-9-13/h12H,4-11H2,1-3H3. The third-order valence-corrected chi connectivity index (χ3v) is 3.16. The van der Waals surface area contributed by atoms with Crippen molar-refractivity contribution in [2.45, 2.75) is 33.2 Å². The van der Waals surface area contributed by atoms with Crippen LogP contribution in [0.15, 0.2) is 0 Å². The minimum atomic E-state index is 0.680. The number of nitrogens with zero attached hydrogens (tertiary/aromatic N) is 2. The fraction of sp³-hybridized carbons (Fsp3) is 1.00. The smallest absolute Gasteiger partial charge is 0.0594 e. The molecule has 0 unspecified atom stereocenters. The Labute approximate surface area is 94.4 Å². The van der Waals surface area contributed by atoms with Gasteiger partial charge in [0.05, 0.1) is 13.2 Å². The Morgan fingerprint density at radius 1 is 1.27 bits per heavy atom. The maximum absolute atomic E-state index is 5.33. The molecule has 3 heteroatoms. The minimum Gasteiger partial charge on any atom is -0.379 e. The van der Waals surface area contributed by atoms with Crippen molar-refractivity contribution in [1.82, 2.24) is 9.80 Å². The lowest BCUT2D eigenvalue weighted by atomic mass is 10.2. The Hall–Kier alpha value is -0.120. The molecule has 1 heterocycles. The van der Waals surface area contributed by atoms with Gasteiger partial charge in [0.1, 0.15) is 0 Å². The van der Waals surface area contributed by atoms with E-state index in [1.165, 1.54) is 26.1 Å². The first kappa shape index (κ1) is 12.9. The summed E-state index contributed by atoms with van der Waals surface area (Å²) in [5.41, 5.74) is 0. The summed E-state index contributed by atoms with van der Waals surface area (Å²) in [6.07, 6.45) is 1.28. The molecule has 0 aromatic carbocycles. The SMILES string of the molecule is CCN(CCCN1CCOCC1)C(C)C. The van der Waals surface area contributed by atoms with Crippen LogP contribution in [0.25, 0.3) is 0 Å². The molecule has 0 bridgehead atoms. The van der Waals surface area contributed by atoms with Crippen molar-refractivity contribution >= 4 is 0 Å². The Kier molecular flexibility index (Phi) is 6.22. The molecule has 0 aliphatic carbocycles. The van der Waals surface area contributed by atoms with Crippen LogP contribution >= 0.6 is 0 Å². The molecule has 1 aliphatic heterocycles. The molecule has 0 spiro atoms. The van der Waals surface area contributed by atoms with Gasteiger partial charge < -0.3 is 9.64 Å². The van der Waals surface area contributed by atoms with Gasteiger partial charge in [-0.05, 0) is 39.9 Å². The molecule has 0 aromatic heterocycles. The maximum Gasteiger partial charge on any atom is 0.0594 e. The van der Waals surface area contributed by atoms with Crippen LogP contribution in [0.3, 0.4) is 0 Å². The van der Waals surface area contributed by atoms with Crippen LogP contribution < -0.4 is 0 Å². The van der Waals surface area contributed by atoms with Gasteiger partial charge in [-0.1, -0.05) is 6.92 Å². The lowest BCUT2D eigenvalue weighted by molar-refractivity contribution is 0.0357. The summed E-state index contributed by atoms with van der Waals surface area (Å²) in [5, 5.41) is 0. The molecule has 1 aliphatic rings. The molecular weight excluding hydrogens is 188 g/mol. The minimum absolute atomic E-state index is 0.680. The summed E-state index contributed by atoms with van der Waals surface area (Å²) in [7, 11) is 0. The van der Waals surface area contributed by atoms with E-state index < -0.39 is 0 Å². The lowest BCUT2D eigenvalue weighted by Gasteiger charge is -2.29. The van der Waals surface area contributed by atoms with Gasteiger partial charge in [0.15, 0.2) is 0 Å². The van der Waals surface area contributed by atoms with Crippen molar-refractivity contribution in [3.05, 3.63) is 0 Å². The molecule has 1 rings (SSSR count). The van der Waals surface area contributed by atoms with E-state index in [0.717, 1.165) is 26.3 Å². The van der Waals surface area contributed by atoms with Crippen molar-refractivity contribution in [2.24, 2.45) is 0 Å². The highest BCUT2D eigenvalue weighted by Crippen LogP contribution is 2.02. The van der Waals surface area contributed by atoms with E-state index in [9.17, 15) is 0 Å². The molecule has 15 heavy (non-hydrogen) atoms. The van der Waals surface area contributed by atoms with Crippen molar-refractivity contribution in [3.8, 4) is 0 Å². The van der Waals surface area contributed by atoms with Crippen LogP contribution in [-0.4, -0.2) is 61.8 Å². The van der Waals surface area contributed by atoms with E-state index in [2.05, 4.69) is 30.6 Å². The van der Waals surface area contributed by atoms with E-state index in [-0.39, 0.29) is 0 Å². The normalized spacial score (nSPS) is 19.0. The molecule has 0 aromatic rings. The predicted octanol–water partition coefficient (Wildman–Crippen LogP) is 1.44. The summed E-state index contributed by atoms with van der Waals surface area (Å²) in [6, 6.07) is 0.680. The Balaban J connectivity index is 2.08. The molecule has 0 saturated carbocycles. The van der Waals surface area contributed by atoms with Gasteiger partial charge >= 0.3 is 0 Å². The van der Waals surface area contributed by atoms with E-state index in [4.69, 9.17) is 4.74 Å². The number of rotatable bonds is 6. The zero-order chi connectivity index (χ0) is 11.1. The molecule has 1 saturated heterocycles. The number of hydrogen-bond acceptors (Lipinski definition) is 3. The fourth-order valence-electron chi connectivity index (χ4n) is 2.10. The predicted molar refractivity (Wildman–Crippen MR) is 64.3 cm³/mol. The van der Waals surface area contributed by atoms with Crippen LogP contribution in [0.2, 0.25) is 0 Å². The van der Waals surface area contributed by atoms with Crippen LogP contribution in [0, 0.1) is 0 Å². The highest BCUT2D eigenvalue weighted by Gasteiger charge is 2.11. The Morgan fingerprint density at radius 2 is 1.93 bits per heavy atom. The summed E-state index contributed by atoms with van der Waals surface area (Å²) in [5.74, 6) is 0. The maximum atomic E-state index is 5.33. The van der Waals surface area contributed by atoms with Gasteiger partial charge in [-0.3, -0.25) is 4.90 Å². The highest BCUT2D eigenvalue weighted by atomic mass is 16.5. The topological polar surface area (TPSA) is 15.7 Å². The second-order valence-corrected chi connectivity index (χ2v) is 4.53. The number of ether oxygens (including phenoxy) is 1. The van der Waals surface area contributed by atoms with E-state index >= 15 is 0 Å². The first-order valence-electron chi connectivity index (χ1n) is 6.28. The van der Waals surface area contributed by atoms with Crippen LogP contribution in [-0.2, 0) is 4.74 Å². The fourth-order valence-corrected chi connectivity index (χ4v) is 2.10. The number of morpholine rings is 1. The van der Waals surface area contributed by atoms with E-state index in [1.54, 1.807) is 0 Å². The first-order valence-corrected chi connectivity index (χ1v) is 6.28. The average Bonchev–Trinajstić information content (AvgIpc) is 2.25. The quantitative estimate of drug-likeness (QED) is 0.665. The molecule has 0 N–H and O–H groups in total. The van der Waals surface area contributed by atoms with Gasteiger partial charge in [0, 0.05) is 19.1 Å². The lowest BCUT2D eigenvalue weighted by Crippen LogP contribution is -2.39. The molecule has 0 amide bonds. The van der Waals surface area contributed by atoms with Crippen LogP contribution in [0.1, 0.15) is 27.2 Å². The Bertz CT molecular complexity index is 156. The van der Waals surface area contributed by atoms with Crippen LogP contribution in [0.4, 0.5) is 0 Å². The third-order valence-electron chi connectivity index (χ3n) is 3.16. The molecule has 90 valence electrons. The van der Waals surface area contributed by atoms with E-state index in [0.29, 0.717) is 6.04 Å². The van der Waals surface area contributed by atoms with Gasteiger partial charge in [0.25, 0.3) is 0 Å². The summed E-state index contributed by atoms with van der Waals surface area (Å²) in [4.78, 5) is 5.04. The zero-order valence-corrected chi connectivity index (χ0v) is 10.5. The average molecular weight is 214 g/mol.